The summed E-state index contributed by atoms with van der Waals surface area (Å²) in [7, 11) is 0. The topological polar surface area (TPSA) is 173 Å². The molecule has 0 unspecified atom stereocenters. The Morgan fingerprint density at radius 3 is 1.04 bits per heavy atom. The summed E-state index contributed by atoms with van der Waals surface area (Å²) in [4.78, 5) is 39.6. The second kappa shape index (κ2) is 6.04. The molecule has 24 heavy (non-hydrogen) atoms. The lowest BCUT2D eigenvalue weighted by molar-refractivity contribution is -0.422. The molecule has 12 nitrogen and oxygen atoms in total. The van der Waals surface area contributed by atoms with E-state index < -0.39 is 42.4 Å². The molecule has 0 heterocycles. The van der Waals surface area contributed by atoms with Crippen LogP contribution in [0.25, 0.3) is 11.1 Å². The molecule has 0 spiro atoms. The summed E-state index contributed by atoms with van der Waals surface area (Å²) < 4.78 is 0. The van der Waals surface area contributed by atoms with Gasteiger partial charge in [-0.2, -0.15) is 0 Å². The van der Waals surface area contributed by atoms with Crippen LogP contribution < -0.4 is 0 Å². The highest BCUT2D eigenvalue weighted by molar-refractivity contribution is 5.74. The van der Waals surface area contributed by atoms with Gasteiger partial charge in [-0.05, 0) is 23.3 Å². The Balaban J connectivity index is 2.64. The second-order valence-corrected chi connectivity index (χ2v) is 4.44. The SMILES string of the molecule is O=[N+]([O-])c1ccc(-c2ccc([N+](=O)[O-])c([N+](=O)[O-])c2)cc1[N+](=O)[O-]. The molecule has 2 rings (SSSR count). The van der Waals surface area contributed by atoms with E-state index in [-0.39, 0.29) is 11.1 Å². The van der Waals surface area contributed by atoms with Crippen LogP contribution in [0.1, 0.15) is 0 Å². The largest absolute Gasteiger partial charge is 0.346 e. The molecular weight excluding hydrogens is 328 g/mol. The fourth-order valence-corrected chi connectivity index (χ4v) is 2.01. The van der Waals surface area contributed by atoms with Crippen molar-refractivity contribution in [3.8, 4) is 11.1 Å². The van der Waals surface area contributed by atoms with E-state index in [4.69, 9.17) is 0 Å². The maximum absolute atomic E-state index is 10.9. The zero-order valence-electron chi connectivity index (χ0n) is 11.5. The standard InChI is InChI=1S/C12H6N4O8/c17-13(18)9-3-1-7(5-11(9)15(21)22)8-2-4-10(14(19)20)12(6-8)16(23)24/h1-6H. The molecule has 122 valence electrons. The van der Waals surface area contributed by atoms with Crippen LogP contribution in [-0.4, -0.2) is 19.7 Å². The third-order valence-corrected chi connectivity index (χ3v) is 3.07. The second-order valence-electron chi connectivity index (χ2n) is 4.44. The molecule has 0 N–H and O–H groups in total. The van der Waals surface area contributed by atoms with E-state index in [0.29, 0.717) is 0 Å². The van der Waals surface area contributed by atoms with E-state index in [1.165, 1.54) is 0 Å². The van der Waals surface area contributed by atoms with Crippen molar-refractivity contribution in [2.45, 2.75) is 0 Å². The van der Waals surface area contributed by atoms with Crippen LogP contribution in [0.15, 0.2) is 36.4 Å². The van der Waals surface area contributed by atoms with Gasteiger partial charge in [0.15, 0.2) is 0 Å². The van der Waals surface area contributed by atoms with Gasteiger partial charge in [0.1, 0.15) is 0 Å². The van der Waals surface area contributed by atoms with Crippen molar-refractivity contribution in [3.05, 3.63) is 76.9 Å². The summed E-state index contributed by atoms with van der Waals surface area (Å²) in [6.07, 6.45) is 0. The third kappa shape index (κ3) is 2.96. The van der Waals surface area contributed by atoms with E-state index in [9.17, 15) is 40.5 Å². The summed E-state index contributed by atoms with van der Waals surface area (Å²) in [6, 6.07) is 5.86. The van der Waals surface area contributed by atoms with Crippen molar-refractivity contribution in [3.63, 3.8) is 0 Å². The van der Waals surface area contributed by atoms with Crippen LogP contribution in [0.5, 0.6) is 0 Å². The van der Waals surface area contributed by atoms with Crippen molar-refractivity contribution in [1.29, 1.82) is 0 Å². The molecule has 12 heteroatoms. The van der Waals surface area contributed by atoms with Gasteiger partial charge in [0.05, 0.1) is 19.7 Å². The summed E-state index contributed by atoms with van der Waals surface area (Å²) in [6.45, 7) is 0. The summed E-state index contributed by atoms with van der Waals surface area (Å²) >= 11 is 0. The van der Waals surface area contributed by atoms with Gasteiger partial charge in [-0.15, -0.1) is 0 Å². The molecule has 0 bridgehead atoms. The number of hydrogen-bond acceptors (Lipinski definition) is 8. The van der Waals surface area contributed by atoms with Crippen molar-refractivity contribution < 1.29 is 19.7 Å². The minimum absolute atomic E-state index is 0.0743. The van der Waals surface area contributed by atoms with Crippen molar-refractivity contribution >= 4 is 22.7 Å². The number of nitro benzene ring substituents is 4. The Morgan fingerprint density at radius 2 is 0.792 bits per heavy atom. The molecule has 0 saturated heterocycles. The lowest BCUT2D eigenvalue weighted by Gasteiger charge is -2.03. The Morgan fingerprint density at radius 1 is 0.500 bits per heavy atom. The first-order chi connectivity index (χ1) is 11.2. The van der Waals surface area contributed by atoms with Gasteiger partial charge in [-0.1, -0.05) is 0 Å². The Labute approximate surface area is 131 Å². The Hall–Kier alpha value is -3.96. The molecule has 0 aliphatic rings. The van der Waals surface area contributed by atoms with Gasteiger partial charge in [0.25, 0.3) is 0 Å². The molecular formula is C12H6N4O8. The zero-order chi connectivity index (χ0) is 18.0. The van der Waals surface area contributed by atoms with Crippen molar-refractivity contribution in [2.24, 2.45) is 0 Å². The van der Waals surface area contributed by atoms with Crippen LogP contribution >= 0.6 is 0 Å². The predicted octanol–water partition coefficient (Wildman–Crippen LogP) is 2.99. The average molecular weight is 334 g/mol. The van der Waals surface area contributed by atoms with Gasteiger partial charge >= 0.3 is 22.7 Å². The van der Waals surface area contributed by atoms with Gasteiger partial charge in [0, 0.05) is 24.3 Å². The molecule has 0 amide bonds. The molecule has 0 radical (unpaired) electrons. The fraction of sp³-hybridized carbons (Fsp3) is 0. The van der Waals surface area contributed by atoms with E-state index in [0.717, 1.165) is 36.4 Å². The van der Waals surface area contributed by atoms with Crippen molar-refractivity contribution in [2.75, 3.05) is 0 Å². The smallest absolute Gasteiger partial charge is 0.258 e. The normalized spacial score (nSPS) is 10.2. The summed E-state index contributed by atoms with van der Waals surface area (Å²) in [5, 5.41) is 43.4. The molecule has 0 aliphatic carbocycles. The van der Waals surface area contributed by atoms with Crippen molar-refractivity contribution in [1.82, 2.24) is 0 Å². The van der Waals surface area contributed by atoms with Gasteiger partial charge in [0.2, 0.25) is 0 Å². The number of hydrogen-bond donors (Lipinski definition) is 0. The summed E-state index contributed by atoms with van der Waals surface area (Å²) in [5.74, 6) is 0. The maximum atomic E-state index is 10.9. The minimum Gasteiger partial charge on any atom is -0.258 e. The van der Waals surface area contributed by atoms with E-state index >= 15 is 0 Å². The zero-order valence-corrected chi connectivity index (χ0v) is 11.5. The van der Waals surface area contributed by atoms with Crippen LogP contribution in [0.3, 0.4) is 0 Å². The average Bonchev–Trinajstić information content (AvgIpc) is 2.53. The first-order valence-corrected chi connectivity index (χ1v) is 6.08. The Kier molecular flexibility index (Phi) is 4.13. The van der Waals surface area contributed by atoms with E-state index in [2.05, 4.69) is 0 Å². The number of rotatable bonds is 5. The minimum atomic E-state index is -0.957. The van der Waals surface area contributed by atoms with Gasteiger partial charge in [-0.3, -0.25) is 40.5 Å². The molecule has 0 atom stereocenters. The summed E-state index contributed by atoms with van der Waals surface area (Å²) in [5.41, 5.74) is -2.91. The molecule has 0 saturated carbocycles. The predicted molar refractivity (Wildman–Crippen MR) is 78.5 cm³/mol. The number of nitrogens with zero attached hydrogens (tertiary/aromatic N) is 4. The maximum Gasteiger partial charge on any atom is 0.346 e. The molecule has 2 aromatic carbocycles. The highest BCUT2D eigenvalue weighted by Crippen LogP contribution is 2.35. The first-order valence-electron chi connectivity index (χ1n) is 6.08. The van der Waals surface area contributed by atoms with Crippen LogP contribution in [0, 0.1) is 40.5 Å². The third-order valence-electron chi connectivity index (χ3n) is 3.07. The lowest BCUT2D eigenvalue weighted by Crippen LogP contribution is -1.98. The molecule has 0 fully saturated rings. The Bertz CT molecular complexity index is 821. The van der Waals surface area contributed by atoms with E-state index in [1.54, 1.807) is 0 Å². The fourth-order valence-electron chi connectivity index (χ4n) is 2.01. The highest BCUT2D eigenvalue weighted by atomic mass is 16.6. The number of benzene rings is 2. The van der Waals surface area contributed by atoms with E-state index in [1.807, 2.05) is 0 Å². The van der Waals surface area contributed by atoms with Crippen LogP contribution in [0.4, 0.5) is 22.7 Å². The van der Waals surface area contributed by atoms with Crippen LogP contribution in [0.2, 0.25) is 0 Å². The van der Waals surface area contributed by atoms with Crippen LogP contribution in [-0.2, 0) is 0 Å². The highest BCUT2D eigenvalue weighted by Gasteiger charge is 2.27. The quantitative estimate of drug-likeness (QED) is 0.592. The molecule has 0 aliphatic heterocycles. The first kappa shape index (κ1) is 16.4. The molecule has 0 aromatic heterocycles. The van der Waals surface area contributed by atoms with Gasteiger partial charge < -0.3 is 0 Å². The lowest BCUT2D eigenvalue weighted by atomic mass is 10.0. The number of nitro groups is 4. The molecule has 2 aromatic rings. The van der Waals surface area contributed by atoms with Gasteiger partial charge in [-0.25, -0.2) is 0 Å². The monoisotopic (exact) mass is 334 g/mol.